The summed E-state index contributed by atoms with van der Waals surface area (Å²) in [7, 11) is 1.87. The number of hydrogen-bond donors (Lipinski definition) is 2. The zero-order valence-corrected chi connectivity index (χ0v) is 10.2. The fraction of sp³-hybridized carbons (Fsp3) is 0.636. The Kier molecular flexibility index (Phi) is 4.06. The minimum absolute atomic E-state index is 0.345. The van der Waals surface area contributed by atoms with E-state index in [0.717, 1.165) is 11.3 Å². The Hall–Kier alpha value is -1.36. The first kappa shape index (κ1) is 12.7. The van der Waals surface area contributed by atoms with Gasteiger partial charge in [0.25, 0.3) is 0 Å². The number of nitrogens with zero attached hydrogens (tertiary/aromatic N) is 2. The molecule has 2 N–H and O–H groups in total. The number of carbonyl (C=O) groups is 1. The van der Waals surface area contributed by atoms with Gasteiger partial charge in [-0.05, 0) is 12.8 Å². The average molecular weight is 225 g/mol. The summed E-state index contributed by atoms with van der Waals surface area (Å²) in [6.45, 7) is 6.32. The molecular formula is C11H19N3O2. The van der Waals surface area contributed by atoms with E-state index in [0.29, 0.717) is 12.5 Å². The van der Waals surface area contributed by atoms with E-state index in [4.69, 9.17) is 5.11 Å². The van der Waals surface area contributed by atoms with Gasteiger partial charge in [-0.1, -0.05) is 13.8 Å². The molecule has 5 nitrogen and oxygen atoms in total. The van der Waals surface area contributed by atoms with E-state index in [1.54, 1.807) is 11.6 Å². The lowest BCUT2D eigenvalue weighted by molar-refractivity contribution is -0.139. The second-order valence-corrected chi connectivity index (χ2v) is 4.31. The van der Waals surface area contributed by atoms with Crippen LogP contribution in [0.2, 0.25) is 0 Å². The van der Waals surface area contributed by atoms with Crippen LogP contribution in [0.1, 0.15) is 37.9 Å². The summed E-state index contributed by atoms with van der Waals surface area (Å²) < 4.78 is 1.76. The van der Waals surface area contributed by atoms with Crippen molar-refractivity contribution in [3.05, 3.63) is 17.5 Å². The van der Waals surface area contributed by atoms with Gasteiger partial charge < -0.3 is 10.4 Å². The van der Waals surface area contributed by atoms with E-state index in [2.05, 4.69) is 24.3 Å². The lowest BCUT2D eigenvalue weighted by atomic mass is 10.1. The van der Waals surface area contributed by atoms with Crippen LogP contribution in [0.25, 0.3) is 0 Å². The van der Waals surface area contributed by atoms with Gasteiger partial charge in [-0.15, -0.1) is 0 Å². The normalized spacial score (nSPS) is 13.1. The van der Waals surface area contributed by atoms with Crippen molar-refractivity contribution in [3.63, 3.8) is 0 Å². The fourth-order valence-electron chi connectivity index (χ4n) is 1.53. The molecule has 1 heterocycles. The van der Waals surface area contributed by atoms with Crippen molar-refractivity contribution in [3.8, 4) is 0 Å². The molecule has 5 heteroatoms. The Balaban J connectivity index is 2.69. The molecule has 90 valence electrons. The van der Waals surface area contributed by atoms with Gasteiger partial charge in [-0.25, -0.2) is 0 Å². The third-order valence-corrected chi connectivity index (χ3v) is 2.45. The molecule has 1 aromatic rings. The van der Waals surface area contributed by atoms with E-state index in [9.17, 15) is 4.79 Å². The lowest BCUT2D eigenvalue weighted by Gasteiger charge is -2.09. The fourth-order valence-corrected chi connectivity index (χ4v) is 1.53. The monoisotopic (exact) mass is 225 g/mol. The average Bonchev–Trinajstić information content (AvgIpc) is 2.56. The van der Waals surface area contributed by atoms with E-state index in [1.807, 2.05) is 13.2 Å². The Morgan fingerprint density at radius 1 is 1.56 bits per heavy atom. The molecule has 0 aliphatic carbocycles. The van der Waals surface area contributed by atoms with Crippen molar-refractivity contribution in [2.24, 2.45) is 7.05 Å². The molecule has 1 unspecified atom stereocenters. The highest BCUT2D eigenvalue weighted by molar-refractivity contribution is 5.72. The zero-order chi connectivity index (χ0) is 12.3. The number of rotatable bonds is 5. The van der Waals surface area contributed by atoms with Crippen LogP contribution in [0.3, 0.4) is 0 Å². The van der Waals surface area contributed by atoms with Crippen LogP contribution < -0.4 is 5.32 Å². The van der Waals surface area contributed by atoms with Gasteiger partial charge >= 0.3 is 5.97 Å². The van der Waals surface area contributed by atoms with Gasteiger partial charge in [0, 0.05) is 25.4 Å². The molecule has 0 aromatic carbocycles. The van der Waals surface area contributed by atoms with E-state index in [1.165, 1.54) is 0 Å². The summed E-state index contributed by atoms with van der Waals surface area (Å²) in [4.78, 5) is 10.7. The highest BCUT2D eigenvalue weighted by Crippen LogP contribution is 2.16. The Bertz CT molecular complexity index is 371. The summed E-state index contributed by atoms with van der Waals surface area (Å²) in [6.07, 6.45) is 1.93. The topological polar surface area (TPSA) is 67.2 Å². The van der Waals surface area contributed by atoms with Gasteiger partial charge in [-0.2, -0.15) is 5.10 Å². The molecule has 16 heavy (non-hydrogen) atoms. The van der Waals surface area contributed by atoms with Crippen LogP contribution in [-0.4, -0.2) is 26.9 Å². The SMILES string of the molecule is CC(NCc1cn(C)nc1C(C)C)C(=O)O. The minimum atomic E-state index is -0.838. The predicted octanol–water partition coefficient (Wildman–Crippen LogP) is 1.11. The number of carboxylic acid groups (broad SMARTS) is 1. The molecule has 1 aromatic heterocycles. The highest BCUT2D eigenvalue weighted by atomic mass is 16.4. The maximum absolute atomic E-state index is 10.7. The van der Waals surface area contributed by atoms with Gasteiger partial charge in [0.1, 0.15) is 6.04 Å². The first-order chi connectivity index (χ1) is 7.41. The maximum Gasteiger partial charge on any atom is 0.320 e. The van der Waals surface area contributed by atoms with Crippen LogP contribution in [0.15, 0.2) is 6.20 Å². The number of aliphatic carboxylic acids is 1. The summed E-state index contributed by atoms with van der Waals surface area (Å²) in [5, 5.41) is 16.1. The third-order valence-electron chi connectivity index (χ3n) is 2.45. The molecule has 0 saturated carbocycles. The van der Waals surface area contributed by atoms with Crippen LogP contribution >= 0.6 is 0 Å². The summed E-state index contributed by atoms with van der Waals surface area (Å²) in [6, 6.07) is -0.541. The van der Waals surface area contributed by atoms with Crippen molar-refractivity contribution < 1.29 is 9.90 Å². The summed E-state index contributed by atoms with van der Waals surface area (Å²) in [5.74, 6) is -0.492. The molecule has 0 radical (unpaired) electrons. The van der Waals surface area contributed by atoms with Crippen LogP contribution in [-0.2, 0) is 18.4 Å². The highest BCUT2D eigenvalue weighted by Gasteiger charge is 2.14. The Morgan fingerprint density at radius 2 is 2.19 bits per heavy atom. The summed E-state index contributed by atoms with van der Waals surface area (Å²) >= 11 is 0. The second-order valence-electron chi connectivity index (χ2n) is 4.31. The van der Waals surface area contributed by atoms with E-state index >= 15 is 0 Å². The van der Waals surface area contributed by atoms with Crippen molar-refractivity contribution in [2.75, 3.05) is 0 Å². The van der Waals surface area contributed by atoms with Gasteiger partial charge in [0.2, 0.25) is 0 Å². The Labute approximate surface area is 95.5 Å². The molecule has 0 amide bonds. The standard InChI is InChI=1S/C11H19N3O2/c1-7(2)10-9(6-14(4)13-10)5-12-8(3)11(15)16/h6-8,12H,5H2,1-4H3,(H,15,16). The first-order valence-corrected chi connectivity index (χ1v) is 5.40. The smallest absolute Gasteiger partial charge is 0.320 e. The van der Waals surface area contributed by atoms with Gasteiger partial charge in [0.15, 0.2) is 0 Å². The molecule has 1 rings (SSSR count). The molecule has 0 spiro atoms. The number of hydrogen-bond acceptors (Lipinski definition) is 3. The first-order valence-electron chi connectivity index (χ1n) is 5.40. The maximum atomic E-state index is 10.7. The van der Waals surface area contributed by atoms with Crippen molar-refractivity contribution in [1.29, 1.82) is 0 Å². The molecule has 0 aliphatic rings. The quantitative estimate of drug-likeness (QED) is 0.787. The van der Waals surface area contributed by atoms with Gasteiger partial charge in [-0.3, -0.25) is 9.48 Å². The zero-order valence-electron chi connectivity index (χ0n) is 10.2. The largest absolute Gasteiger partial charge is 0.480 e. The minimum Gasteiger partial charge on any atom is -0.480 e. The van der Waals surface area contributed by atoms with Crippen LogP contribution in [0.4, 0.5) is 0 Å². The van der Waals surface area contributed by atoms with Crippen molar-refractivity contribution in [1.82, 2.24) is 15.1 Å². The van der Waals surface area contributed by atoms with Crippen molar-refractivity contribution >= 4 is 5.97 Å². The Morgan fingerprint density at radius 3 is 2.69 bits per heavy atom. The molecular weight excluding hydrogens is 206 g/mol. The number of carboxylic acids is 1. The molecule has 0 aliphatic heterocycles. The second kappa shape index (κ2) is 5.12. The summed E-state index contributed by atoms with van der Waals surface area (Å²) in [5.41, 5.74) is 2.08. The molecule has 0 saturated heterocycles. The van der Waals surface area contributed by atoms with E-state index in [-0.39, 0.29) is 0 Å². The molecule has 0 bridgehead atoms. The van der Waals surface area contributed by atoms with Gasteiger partial charge in [0.05, 0.1) is 5.69 Å². The van der Waals surface area contributed by atoms with Crippen LogP contribution in [0.5, 0.6) is 0 Å². The molecule has 1 atom stereocenters. The number of aromatic nitrogens is 2. The van der Waals surface area contributed by atoms with Crippen LogP contribution in [0, 0.1) is 0 Å². The van der Waals surface area contributed by atoms with Crippen molar-refractivity contribution in [2.45, 2.75) is 39.3 Å². The van der Waals surface area contributed by atoms with E-state index < -0.39 is 12.0 Å². The number of nitrogens with one attached hydrogen (secondary N) is 1. The third kappa shape index (κ3) is 3.06. The number of aryl methyl sites for hydroxylation is 1. The molecule has 0 fully saturated rings. The predicted molar refractivity (Wildman–Crippen MR) is 61.2 cm³/mol. The lowest BCUT2D eigenvalue weighted by Crippen LogP contribution is -2.33.